The Kier molecular flexibility index (Phi) is 5.40. The number of nitrogens with two attached hydrogens (primary N) is 1. The van der Waals surface area contributed by atoms with Gasteiger partial charge in [0, 0.05) is 5.69 Å². The SMILES string of the molecule is CCOc1ccc(NC(=O)[C@H](C)Sc2nnc(N)s2)cc1. The van der Waals surface area contributed by atoms with Gasteiger partial charge in [-0.05, 0) is 38.1 Å². The molecule has 6 nitrogen and oxygen atoms in total. The number of hydrogen-bond donors (Lipinski definition) is 2. The molecule has 21 heavy (non-hydrogen) atoms. The van der Waals surface area contributed by atoms with Crippen molar-refractivity contribution in [2.45, 2.75) is 23.4 Å². The molecule has 2 aromatic rings. The van der Waals surface area contributed by atoms with E-state index in [2.05, 4.69) is 15.5 Å². The summed E-state index contributed by atoms with van der Waals surface area (Å²) in [6.07, 6.45) is 0. The Morgan fingerprint density at radius 1 is 1.43 bits per heavy atom. The van der Waals surface area contributed by atoms with E-state index >= 15 is 0 Å². The Hall–Kier alpha value is -1.80. The van der Waals surface area contributed by atoms with Crippen molar-refractivity contribution in [2.75, 3.05) is 17.7 Å². The number of ether oxygens (including phenoxy) is 1. The summed E-state index contributed by atoms with van der Waals surface area (Å²) < 4.78 is 6.03. The summed E-state index contributed by atoms with van der Waals surface area (Å²) >= 11 is 2.60. The summed E-state index contributed by atoms with van der Waals surface area (Å²) in [7, 11) is 0. The summed E-state index contributed by atoms with van der Waals surface area (Å²) in [4.78, 5) is 12.1. The second-order valence-electron chi connectivity index (χ2n) is 4.11. The van der Waals surface area contributed by atoms with Crippen molar-refractivity contribution >= 4 is 39.8 Å². The molecule has 3 N–H and O–H groups in total. The first-order chi connectivity index (χ1) is 10.1. The highest BCUT2D eigenvalue weighted by Crippen LogP contribution is 2.28. The number of nitrogens with one attached hydrogen (secondary N) is 1. The Labute approximate surface area is 131 Å². The number of carbonyl (C=O) groups is 1. The lowest BCUT2D eigenvalue weighted by Gasteiger charge is -2.10. The maximum absolute atomic E-state index is 12.1. The van der Waals surface area contributed by atoms with Crippen LogP contribution in [0.15, 0.2) is 28.6 Å². The first-order valence-corrected chi connectivity index (χ1v) is 8.07. The first kappa shape index (κ1) is 15.6. The predicted molar refractivity (Wildman–Crippen MR) is 85.9 cm³/mol. The lowest BCUT2D eigenvalue weighted by molar-refractivity contribution is -0.115. The van der Waals surface area contributed by atoms with Crippen LogP contribution in [0.2, 0.25) is 0 Å². The van der Waals surface area contributed by atoms with E-state index in [9.17, 15) is 4.79 Å². The molecule has 1 aromatic carbocycles. The van der Waals surface area contributed by atoms with Gasteiger partial charge >= 0.3 is 0 Å². The third-order valence-electron chi connectivity index (χ3n) is 2.50. The standard InChI is InChI=1S/C13H16N4O2S2/c1-3-19-10-6-4-9(5-7-10)15-11(18)8(2)20-13-17-16-12(14)21-13/h4-8H,3H2,1-2H3,(H2,14,16)(H,15,18)/t8-/m0/s1. The number of carbonyl (C=O) groups excluding carboxylic acids is 1. The van der Waals surface area contributed by atoms with Gasteiger partial charge in [-0.2, -0.15) is 0 Å². The molecule has 2 rings (SSSR count). The summed E-state index contributed by atoms with van der Waals surface area (Å²) in [5, 5.41) is 10.6. The molecule has 0 spiro atoms. The fraction of sp³-hybridized carbons (Fsp3) is 0.308. The smallest absolute Gasteiger partial charge is 0.237 e. The average Bonchev–Trinajstić information content (AvgIpc) is 2.86. The van der Waals surface area contributed by atoms with Crippen LogP contribution in [0.4, 0.5) is 10.8 Å². The van der Waals surface area contributed by atoms with Crippen molar-refractivity contribution in [3.63, 3.8) is 0 Å². The van der Waals surface area contributed by atoms with Crippen LogP contribution in [-0.2, 0) is 4.79 Å². The van der Waals surface area contributed by atoms with Crippen molar-refractivity contribution in [3.8, 4) is 5.75 Å². The number of benzene rings is 1. The van der Waals surface area contributed by atoms with E-state index in [1.54, 1.807) is 0 Å². The van der Waals surface area contributed by atoms with Crippen LogP contribution in [0.25, 0.3) is 0 Å². The van der Waals surface area contributed by atoms with E-state index in [4.69, 9.17) is 10.5 Å². The van der Waals surface area contributed by atoms with Crippen LogP contribution >= 0.6 is 23.1 Å². The third-order valence-corrected chi connectivity index (χ3v) is 4.44. The van der Waals surface area contributed by atoms with Crippen LogP contribution in [-0.4, -0.2) is 28.0 Å². The first-order valence-electron chi connectivity index (χ1n) is 6.38. The number of nitrogens with zero attached hydrogens (tertiary/aromatic N) is 2. The predicted octanol–water partition coefficient (Wildman–Crippen LogP) is 2.64. The average molecular weight is 324 g/mol. The Morgan fingerprint density at radius 2 is 2.14 bits per heavy atom. The van der Waals surface area contributed by atoms with Crippen molar-refractivity contribution in [3.05, 3.63) is 24.3 Å². The topological polar surface area (TPSA) is 90.1 Å². The second kappa shape index (κ2) is 7.28. The zero-order valence-corrected chi connectivity index (χ0v) is 13.3. The number of anilines is 2. The lowest BCUT2D eigenvalue weighted by atomic mass is 10.3. The van der Waals surface area contributed by atoms with E-state index in [1.165, 1.54) is 23.1 Å². The number of aromatic nitrogens is 2. The molecular formula is C13H16N4O2S2. The summed E-state index contributed by atoms with van der Waals surface area (Å²) in [6, 6.07) is 7.26. The molecule has 0 fully saturated rings. The van der Waals surface area contributed by atoms with E-state index in [0.717, 1.165) is 11.4 Å². The minimum Gasteiger partial charge on any atom is -0.494 e. The molecule has 0 saturated carbocycles. The Balaban J connectivity index is 1.90. The molecule has 1 atom stereocenters. The van der Waals surface area contributed by atoms with Gasteiger partial charge in [0.05, 0.1) is 11.9 Å². The minimum atomic E-state index is -0.288. The maximum Gasteiger partial charge on any atom is 0.237 e. The Morgan fingerprint density at radius 3 is 2.71 bits per heavy atom. The zero-order valence-electron chi connectivity index (χ0n) is 11.7. The largest absolute Gasteiger partial charge is 0.494 e. The second-order valence-corrected chi connectivity index (χ2v) is 6.71. The molecule has 1 heterocycles. The summed E-state index contributed by atoms with van der Waals surface area (Å²) in [6.45, 7) is 4.35. The van der Waals surface area contributed by atoms with E-state index in [0.29, 0.717) is 16.1 Å². The molecule has 0 radical (unpaired) electrons. The van der Waals surface area contributed by atoms with Gasteiger partial charge in [0.2, 0.25) is 11.0 Å². The molecule has 0 aliphatic rings. The number of thioether (sulfide) groups is 1. The van der Waals surface area contributed by atoms with Crippen LogP contribution in [0.5, 0.6) is 5.75 Å². The van der Waals surface area contributed by atoms with Crippen LogP contribution in [0.3, 0.4) is 0 Å². The van der Waals surface area contributed by atoms with Gasteiger partial charge in [-0.15, -0.1) is 10.2 Å². The van der Waals surface area contributed by atoms with Crippen LogP contribution in [0.1, 0.15) is 13.8 Å². The van der Waals surface area contributed by atoms with Crippen molar-refractivity contribution in [1.29, 1.82) is 0 Å². The lowest BCUT2D eigenvalue weighted by Crippen LogP contribution is -2.22. The molecular weight excluding hydrogens is 308 g/mol. The van der Waals surface area contributed by atoms with Crippen LogP contribution in [0, 0.1) is 0 Å². The van der Waals surface area contributed by atoms with Gasteiger partial charge in [0.1, 0.15) is 5.75 Å². The monoisotopic (exact) mass is 324 g/mol. The normalized spacial score (nSPS) is 11.9. The number of nitrogen functional groups attached to an aromatic ring is 1. The van der Waals surface area contributed by atoms with Gasteiger partial charge in [-0.25, -0.2) is 0 Å². The highest BCUT2D eigenvalue weighted by atomic mass is 32.2. The highest BCUT2D eigenvalue weighted by Gasteiger charge is 2.17. The molecule has 0 aliphatic carbocycles. The van der Waals surface area contributed by atoms with E-state index in [1.807, 2.05) is 38.1 Å². The minimum absolute atomic E-state index is 0.0991. The highest BCUT2D eigenvalue weighted by molar-refractivity contribution is 8.02. The molecule has 0 aliphatic heterocycles. The van der Waals surface area contributed by atoms with E-state index in [-0.39, 0.29) is 11.2 Å². The van der Waals surface area contributed by atoms with Gasteiger partial charge in [-0.3, -0.25) is 4.79 Å². The molecule has 1 aromatic heterocycles. The number of rotatable bonds is 6. The van der Waals surface area contributed by atoms with Crippen molar-refractivity contribution in [2.24, 2.45) is 0 Å². The maximum atomic E-state index is 12.1. The number of hydrogen-bond acceptors (Lipinski definition) is 7. The Bertz CT molecular complexity index is 600. The quantitative estimate of drug-likeness (QED) is 0.794. The fourth-order valence-corrected chi connectivity index (χ4v) is 3.30. The molecule has 1 amide bonds. The van der Waals surface area contributed by atoms with Crippen molar-refractivity contribution in [1.82, 2.24) is 10.2 Å². The van der Waals surface area contributed by atoms with Gasteiger partial charge in [0.25, 0.3) is 0 Å². The summed E-state index contributed by atoms with van der Waals surface area (Å²) in [5.74, 6) is 0.681. The molecule has 0 bridgehead atoms. The third kappa shape index (κ3) is 4.61. The zero-order chi connectivity index (χ0) is 15.2. The molecule has 8 heteroatoms. The van der Waals surface area contributed by atoms with Gasteiger partial charge in [0.15, 0.2) is 4.34 Å². The van der Waals surface area contributed by atoms with Gasteiger partial charge in [-0.1, -0.05) is 23.1 Å². The van der Waals surface area contributed by atoms with E-state index < -0.39 is 0 Å². The van der Waals surface area contributed by atoms with Gasteiger partial charge < -0.3 is 15.8 Å². The molecule has 112 valence electrons. The van der Waals surface area contributed by atoms with Crippen molar-refractivity contribution < 1.29 is 9.53 Å². The number of amides is 1. The molecule has 0 unspecified atom stereocenters. The van der Waals surface area contributed by atoms with Crippen LogP contribution < -0.4 is 15.8 Å². The summed E-state index contributed by atoms with van der Waals surface area (Å²) in [5.41, 5.74) is 6.24. The molecule has 0 saturated heterocycles. The fourth-order valence-electron chi connectivity index (χ4n) is 1.52.